The normalized spacial score (nSPS) is 41.5. The van der Waals surface area contributed by atoms with E-state index in [1.807, 2.05) is 0 Å². The molecule has 94 valence electrons. The molecule has 5 atom stereocenters. The molecule has 0 amide bonds. The zero-order valence-electron chi connectivity index (χ0n) is 9.45. The van der Waals surface area contributed by atoms with Gasteiger partial charge in [0.05, 0.1) is 23.3 Å². The summed E-state index contributed by atoms with van der Waals surface area (Å²) in [6.07, 6.45) is 0.162. The number of carbonyl (C=O) groups excluding carboxylic acids is 3. The number of Topliss-reactive ketones (excluding diaryl/α,β-unsaturated/α-hetero) is 2. The van der Waals surface area contributed by atoms with Crippen molar-refractivity contribution in [1.29, 1.82) is 0 Å². The molecular formula is C12H10O6. The maximum absolute atomic E-state index is 12.0. The van der Waals surface area contributed by atoms with E-state index in [4.69, 9.17) is 9.84 Å². The minimum absolute atomic E-state index is 0.0869. The van der Waals surface area contributed by atoms with Gasteiger partial charge in [-0.1, -0.05) is 6.08 Å². The number of fused-ring (bicyclic) bond motifs is 1. The van der Waals surface area contributed by atoms with Crippen LogP contribution in [0.1, 0.15) is 6.92 Å². The lowest BCUT2D eigenvalue weighted by atomic mass is 9.70. The van der Waals surface area contributed by atoms with Gasteiger partial charge in [0.15, 0.2) is 5.78 Å². The van der Waals surface area contributed by atoms with Crippen LogP contribution >= 0.6 is 0 Å². The van der Waals surface area contributed by atoms with Crippen molar-refractivity contribution >= 4 is 23.5 Å². The number of carboxylic acid groups (broad SMARTS) is 1. The molecule has 2 aliphatic carbocycles. The van der Waals surface area contributed by atoms with Crippen LogP contribution in [0, 0.1) is 23.7 Å². The van der Waals surface area contributed by atoms with Gasteiger partial charge in [-0.3, -0.25) is 14.4 Å². The van der Waals surface area contributed by atoms with E-state index in [1.54, 1.807) is 0 Å². The number of hydrogen-bond acceptors (Lipinski definition) is 5. The van der Waals surface area contributed by atoms with E-state index in [2.05, 4.69) is 0 Å². The van der Waals surface area contributed by atoms with Crippen molar-refractivity contribution in [3.8, 4) is 0 Å². The lowest BCUT2D eigenvalue weighted by molar-refractivity contribution is -0.171. The van der Waals surface area contributed by atoms with Crippen LogP contribution < -0.4 is 0 Å². The van der Waals surface area contributed by atoms with Gasteiger partial charge in [0.25, 0.3) is 0 Å². The molecule has 2 bridgehead atoms. The molecule has 4 aliphatic rings. The molecule has 0 aromatic heterocycles. The van der Waals surface area contributed by atoms with E-state index < -0.39 is 41.7 Å². The fourth-order valence-corrected chi connectivity index (χ4v) is 3.14. The van der Waals surface area contributed by atoms with E-state index >= 15 is 0 Å². The first-order chi connectivity index (χ1) is 8.43. The summed E-state index contributed by atoms with van der Waals surface area (Å²) < 4.78 is 4.98. The lowest BCUT2D eigenvalue weighted by Crippen LogP contribution is -2.52. The van der Waals surface area contributed by atoms with Crippen LogP contribution in [0.2, 0.25) is 0 Å². The molecule has 0 aromatic rings. The Kier molecular flexibility index (Phi) is 2.03. The van der Waals surface area contributed by atoms with Crippen molar-refractivity contribution in [2.45, 2.75) is 13.0 Å². The van der Waals surface area contributed by atoms with Gasteiger partial charge in [-0.05, 0) is 6.92 Å². The van der Waals surface area contributed by atoms with Crippen molar-refractivity contribution in [1.82, 2.24) is 0 Å². The molecule has 0 spiro atoms. The maximum Gasteiger partial charge on any atom is 0.335 e. The number of hydrogen-bond donors (Lipinski definition) is 1. The highest BCUT2D eigenvalue weighted by molar-refractivity contribution is 6.15. The number of ketones is 2. The second-order valence-corrected chi connectivity index (χ2v) is 4.89. The third kappa shape index (κ3) is 1.12. The summed E-state index contributed by atoms with van der Waals surface area (Å²) in [5, 5.41) is 9.03. The van der Waals surface area contributed by atoms with Crippen LogP contribution in [-0.2, 0) is 23.9 Å². The summed E-state index contributed by atoms with van der Waals surface area (Å²) >= 11 is 0. The molecule has 6 heteroatoms. The van der Waals surface area contributed by atoms with Crippen LogP contribution in [0.15, 0.2) is 11.6 Å². The van der Waals surface area contributed by atoms with E-state index in [1.165, 1.54) is 13.0 Å². The zero-order chi connectivity index (χ0) is 13.2. The minimum atomic E-state index is -1.21. The highest BCUT2D eigenvalue weighted by atomic mass is 16.5. The minimum Gasteiger partial charge on any atom is -0.478 e. The Morgan fingerprint density at radius 3 is 2.44 bits per heavy atom. The van der Waals surface area contributed by atoms with E-state index in [0.29, 0.717) is 0 Å². The summed E-state index contributed by atoms with van der Waals surface area (Å²) in [6, 6.07) is 0. The SMILES string of the molecule is CC1C(=O)[C@@H]2[C@H](C1=O)[C@H]1C=C(C(=O)O)[C@@H]2OC1=O. The molecule has 2 aliphatic heterocycles. The first kappa shape index (κ1) is 11.1. The predicted molar refractivity (Wildman–Crippen MR) is 55.2 cm³/mol. The lowest BCUT2D eigenvalue weighted by Gasteiger charge is -2.40. The third-order valence-corrected chi connectivity index (χ3v) is 4.04. The summed E-state index contributed by atoms with van der Waals surface area (Å²) in [4.78, 5) is 46.6. The summed E-state index contributed by atoms with van der Waals surface area (Å²) in [5.41, 5.74) is -0.0869. The van der Waals surface area contributed by atoms with Crippen LogP contribution in [0.4, 0.5) is 0 Å². The van der Waals surface area contributed by atoms with Crippen LogP contribution in [-0.4, -0.2) is 34.7 Å². The Morgan fingerprint density at radius 2 is 1.83 bits per heavy atom. The van der Waals surface area contributed by atoms with E-state index in [-0.39, 0.29) is 17.1 Å². The fraction of sp³-hybridized carbons (Fsp3) is 0.500. The first-order valence-corrected chi connectivity index (χ1v) is 5.66. The monoisotopic (exact) mass is 250 g/mol. The van der Waals surface area contributed by atoms with Gasteiger partial charge in [-0.15, -0.1) is 0 Å². The molecule has 1 saturated carbocycles. The van der Waals surface area contributed by atoms with Gasteiger partial charge in [-0.25, -0.2) is 4.79 Å². The molecule has 0 aromatic carbocycles. The Morgan fingerprint density at radius 1 is 1.22 bits per heavy atom. The van der Waals surface area contributed by atoms with Crippen molar-refractivity contribution in [3.63, 3.8) is 0 Å². The predicted octanol–water partition coefficient (Wildman–Crippen LogP) is -0.427. The first-order valence-electron chi connectivity index (χ1n) is 5.66. The van der Waals surface area contributed by atoms with E-state index in [0.717, 1.165) is 0 Å². The number of carboxylic acids is 1. The van der Waals surface area contributed by atoms with Crippen LogP contribution in [0.5, 0.6) is 0 Å². The molecule has 2 heterocycles. The van der Waals surface area contributed by atoms with Gasteiger partial charge in [0.1, 0.15) is 11.9 Å². The average Bonchev–Trinajstić information content (AvgIpc) is 2.56. The molecule has 18 heavy (non-hydrogen) atoms. The highest BCUT2D eigenvalue weighted by Gasteiger charge is 2.62. The van der Waals surface area contributed by atoms with Crippen molar-refractivity contribution in [2.75, 3.05) is 0 Å². The van der Waals surface area contributed by atoms with Gasteiger partial charge >= 0.3 is 11.9 Å². The Bertz CT molecular complexity index is 531. The van der Waals surface area contributed by atoms with Crippen LogP contribution in [0.3, 0.4) is 0 Å². The Hall–Kier alpha value is -1.98. The van der Waals surface area contributed by atoms with Crippen molar-refractivity contribution in [3.05, 3.63) is 11.6 Å². The molecule has 2 fully saturated rings. The summed E-state index contributed by atoms with van der Waals surface area (Å²) in [6.45, 7) is 1.49. The standard InChI is InChI=1S/C12H10O6/c1-3-8(13)6-4-2-5(11(15)16)10(18-12(4)17)7(6)9(3)14/h2-4,6-7,10H,1H3,(H,15,16)/t3?,4-,6-,7+,10+/m1/s1. The largest absolute Gasteiger partial charge is 0.478 e. The van der Waals surface area contributed by atoms with Crippen molar-refractivity contribution < 1.29 is 29.0 Å². The van der Waals surface area contributed by atoms with Gasteiger partial charge in [-0.2, -0.15) is 0 Å². The number of ether oxygens (including phenoxy) is 1. The van der Waals surface area contributed by atoms with Crippen LogP contribution in [0.25, 0.3) is 0 Å². The van der Waals surface area contributed by atoms with Crippen molar-refractivity contribution in [2.24, 2.45) is 23.7 Å². The smallest absolute Gasteiger partial charge is 0.335 e. The Labute approximate surface area is 102 Å². The number of rotatable bonds is 1. The molecule has 1 saturated heterocycles. The molecule has 1 unspecified atom stereocenters. The fourth-order valence-electron chi connectivity index (χ4n) is 3.14. The van der Waals surface area contributed by atoms with Gasteiger partial charge in [0.2, 0.25) is 0 Å². The van der Waals surface area contributed by atoms with E-state index in [9.17, 15) is 19.2 Å². The maximum atomic E-state index is 12.0. The molecule has 6 nitrogen and oxygen atoms in total. The summed E-state index contributed by atoms with van der Waals surface area (Å²) in [5.74, 6) is -5.67. The molecule has 0 radical (unpaired) electrons. The Balaban J connectivity index is 2.13. The third-order valence-electron chi connectivity index (χ3n) is 4.04. The number of esters is 1. The average molecular weight is 250 g/mol. The zero-order valence-corrected chi connectivity index (χ0v) is 9.45. The second-order valence-electron chi connectivity index (χ2n) is 4.89. The topological polar surface area (TPSA) is 97.7 Å². The number of carbonyl (C=O) groups is 4. The quantitative estimate of drug-likeness (QED) is 0.501. The molecule has 4 rings (SSSR count). The number of aliphatic carboxylic acids is 1. The highest BCUT2D eigenvalue weighted by Crippen LogP contribution is 2.48. The molecular weight excluding hydrogens is 240 g/mol. The summed E-state index contributed by atoms with van der Waals surface area (Å²) in [7, 11) is 0. The second kappa shape index (κ2) is 3.28. The van der Waals surface area contributed by atoms with Gasteiger partial charge in [0, 0.05) is 5.92 Å². The van der Waals surface area contributed by atoms with Gasteiger partial charge < -0.3 is 9.84 Å². The molecule has 1 N–H and O–H groups in total.